The molecule has 0 fully saturated rings. The van der Waals surface area contributed by atoms with Gasteiger partial charge in [0.1, 0.15) is 11.5 Å². The second kappa shape index (κ2) is 14.2. The lowest BCUT2D eigenvalue weighted by Gasteiger charge is -2.17. The molecule has 45 heavy (non-hydrogen) atoms. The zero-order valence-electron chi connectivity index (χ0n) is 25.7. The maximum Gasteiger partial charge on any atom is 0.584 e. The van der Waals surface area contributed by atoms with Crippen LogP contribution in [0.4, 0.5) is 11.4 Å². The summed E-state index contributed by atoms with van der Waals surface area (Å²) in [4.78, 5) is 34.1. The molecule has 0 saturated carbocycles. The average Bonchev–Trinajstić information content (AvgIpc) is 3.01. The molecule has 232 valence electrons. The van der Waals surface area contributed by atoms with E-state index in [2.05, 4.69) is 23.8 Å². The van der Waals surface area contributed by atoms with E-state index in [1.165, 1.54) is 0 Å². The van der Waals surface area contributed by atoms with Crippen molar-refractivity contribution in [3.8, 4) is 11.5 Å². The summed E-state index contributed by atoms with van der Waals surface area (Å²) in [5.74, 6) is 0.000868. The van der Waals surface area contributed by atoms with Crippen LogP contribution in [0.3, 0.4) is 0 Å². The molecule has 8 nitrogen and oxygen atoms in total. The van der Waals surface area contributed by atoms with Gasteiger partial charge in [-0.05, 0) is 84.6 Å². The van der Waals surface area contributed by atoms with Crippen molar-refractivity contribution in [3.63, 3.8) is 0 Å². The summed E-state index contributed by atoms with van der Waals surface area (Å²) in [6, 6.07) is 28.9. The summed E-state index contributed by atoms with van der Waals surface area (Å²) in [7, 11) is -4.46. The second-order valence-electron chi connectivity index (χ2n) is 10.9. The van der Waals surface area contributed by atoms with Crippen LogP contribution in [0.5, 0.6) is 11.5 Å². The lowest BCUT2D eigenvalue weighted by atomic mass is 9.93. The highest BCUT2D eigenvalue weighted by Crippen LogP contribution is 2.45. The van der Waals surface area contributed by atoms with Crippen molar-refractivity contribution < 1.29 is 28.1 Å². The van der Waals surface area contributed by atoms with E-state index in [-0.39, 0.29) is 35.1 Å². The van der Waals surface area contributed by atoms with E-state index in [4.69, 9.17) is 9.05 Å². The zero-order valence-corrected chi connectivity index (χ0v) is 26.6. The van der Waals surface area contributed by atoms with Gasteiger partial charge >= 0.3 is 7.82 Å². The Labute approximate surface area is 264 Å². The number of amides is 2. The molecular formula is C36H37N2O6P. The molecule has 0 aromatic heterocycles. The molecular weight excluding hydrogens is 587 g/mol. The van der Waals surface area contributed by atoms with Crippen molar-refractivity contribution in [3.05, 3.63) is 144 Å². The Hall–Kier alpha value is -4.91. The maximum absolute atomic E-state index is 12.8. The SMILES string of the molecule is C=C(C)C(=O)Nc1ccc(C(C)c2ccc(OP(=O)(O)Oc3ccc(C(C)c4ccc(NC(=O)C(=C)C)cc4)cc3)cc2)cc1. The van der Waals surface area contributed by atoms with Gasteiger partial charge in [0.2, 0.25) is 0 Å². The highest BCUT2D eigenvalue weighted by molar-refractivity contribution is 7.48. The number of carbonyl (C=O) groups excluding carboxylic acids is 2. The Balaban J connectivity index is 1.33. The first-order valence-electron chi connectivity index (χ1n) is 14.4. The Morgan fingerprint density at radius 2 is 0.867 bits per heavy atom. The third-order valence-corrected chi connectivity index (χ3v) is 8.20. The first-order chi connectivity index (χ1) is 21.3. The van der Waals surface area contributed by atoms with Gasteiger partial charge in [0.25, 0.3) is 11.8 Å². The van der Waals surface area contributed by atoms with Crippen LogP contribution in [0, 0.1) is 0 Å². The van der Waals surface area contributed by atoms with Crippen LogP contribution in [0.1, 0.15) is 61.8 Å². The number of carbonyl (C=O) groups is 2. The van der Waals surface area contributed by atoms with E-state index in [1.54, 1.807) is 38.1 Å². The molecule has 0 aliphatic carbocycles. The van der Waals surface area contributed by atoms with Crippen LogP contribution in [0.25, 0.3) is 0 Å². The topological polar surface area (TPSA) is 114 Å². The van der Waals surface area contributed by atoms with Gasteiger partial charge in [-0.1, -0.05) is 75.5 Å². The highest BCUT2D eigenvalue weighted by atomic mass is 31.2. The van der Waals surface area contributed by atoms with E-state index in [9.17, 15) is 19.0 Å². The normalized spacial score (nSPS) is 13.4. The molecule has 0 aliphatic heterocycles. The van der Waals surface area contributed by atoms with Gasteiger partial charge in [-0.3, -0.25) is 14.5 Å². The molecule has 0 spiro atoms. The minimum atomic E-state index is -4.46. The monoisotopic (exact) mass is 624 g/mol. The van der Waals surface area contributed by atoms with Gasteiger partial charge in [0.15, 0.2) is 0 Å². The molecule has 0 aliphatic rings. The first-order valence-corrected chi connectivity index (χ1v) is 15.9. The summed E-state index contributed by atoms with van der Waals surface area (Å²) in [5.41, 5.74) is 6.26. The lowest BCUT2D eigenvalue weighted by molar-refractivity contribution is -0.113. The van der Waals surface area contributed by atoms with Gasteiger partial charge in [-0.25, -0.2) is 4.57 Å². The summed E-state index contributed by atoms with van der Waals surface area (Å²) >= 11 is 0. The first kappa shape index (κ1) is 33.0. The summed E-state index contributed by atoms with van der Waals surface area (Å²) in [5, 5.41) is 5.57. The molecule has 0 saturated heterocycles. The van der Waals surface area contributed by atoms with Crippen molar-refractivity contribution >= 4 is 31.0 Å². The number of phosphoric acid groups is 1. The fourth-order valence-electron chi connectivity index (χ4n) is 4.49. The van der Waals surface area contributed by atoms with Crippen LogP contribution in [0.15, 0.2) is 121 Å². The Morgan fingerprint density at radius 3 is 1.13 bits per heavy atom. The third kappa shape index (κ3) is 9.05. The number of anilines is 2. The predicted molar refractivity (Wildman–Crippen MR) is 179 cm³/mol. The molecule has 2 amide bonds. The number of phosphoric ester groups is 1. The van der Waals surface area contributed by atoms with E-state index >= 15 is 0 Å². The summed E-state index contributed by atoms with van der Waals surface area (Å²) in [6.07, 6.45) is 0. The molecule has 4 rings (SSSR count). The number of rotatable bonds is 12. The molecule has 4 aromatic rings. The molecule has 3 N–H and O–H groups in total. The van der Waals surface area contributed by atoms with E-state index in [0.717, 1.165) is 22.3 Å². The smallest absolute Gasteiger partial charge is 0.395 e. The second-order valence-corrected chi connectivity index (χ2v) is 12.2. The number of hydrogen-bond donors (Lipinski definition) is 3. The van der Waals surface area contributed by atoms with Gasteiger partial charge in [0.05, 0.1) is 0 Å². The van der Waals surface area contributed by atoms with Crippen molar-refractivity contribution in [2.75, 3.05) is 10.6 Å². The number of hydrogen-bond acceptors (Lipinski definition) is 5. The predicted octanol–water partition coefficient (Wildman–Crippen LogP) is 8.58. The van der Waals surface area contributed by atoms with Crippen LogP contribution < -0.4 is 19.7 Å². The van der Waals surface area contributed by atoms with E-state index in [1.807, 2.05) is 86.6 Å². The molecule has 0 bridgehead atoms. The van der Waals surface area contributed by atoms with Crippen molar-refractivity contribution in [1.29, 1.82) is 0 Å². The van der Waals surface area contributed by atoms with Crippen LogP contribution >= 0.6 is 7.82 Å². The molecule has 4 aromatic carbocycles. The fourth-order valence-corrected chi connectivity index (χ4v) is 5.30. The van der Waals surface area contributed by atoms with Crippen molar-refractivity contribution in [2.24, 2.45) is 0 Å². The van der Waals surface area contributed by atoms with Crippen molar-refractivity contribution in [1.82, 2.24) is 0 Å². The fraction of sp³-hybridized carbons (Fsp3) is 0.167. The zero-order chi connectivity index (χ0) is 32.7. The van der Waals surface area contributed by atoms with Crippen molar-refractivity contribution in [2.45, 2.75) is 39.5 Å². The van der Waals surface area contributed by atoms with Gasteiger partial charge < -0.3 is 19.7 Å². The van der Waals surface area contributed by atoms with Crippen LogP contribution in [-0.2, 0) is 14.2 Å². The highest BCUT2D eigenvalue weighted by Gasteiger charge is 2.25. The molecule has 9 heteroatoms. The van der Waals surface area contributed by atoms with Crippen LogP contribution in [-0.4, -0.2) is 16.7 Å². The quantitative estimate of drug-likeness (QED) is 0.107. The summed E-state index contributed by atoms with van der Waals surface area (Å²) in [6.45, 7) is 14.7. The molecule has 0 radical (unpaired) electrons. The van der Waals surface area contributed by atoms with Gasteiger partial charge in [0, 0.05) is 34.4 Å². The molecule has 0 heterocycles. The largest absolute Gasteiger partial charge is 0.584 e. The third-order valence-electron chi connectivity index (χ3n) is 7.31. The summed E-state index contributed by atoms with van der Waals surface area (Å²) < 4.78 is 23.4. The maximum atomic E-state index is 12.8. The Kier molecular flexibility index (Phi) is 10.4. The van der Waals surface area contributed by atoms with E-state index in [0.29, 0.717) is 22.5 Å². The standard InChI is InChI=1S/C36H37N2O6P/c1-23(2)35(39)37-31-15-7-27(8-16-31)25(5)29-11-19-33(20-12-29)43-45(41,42)44-34-21-13-30(14-22-34)26(6)28-9-17-32(18-10-28)38-36(40)24(3)4/h7-22,25-26H,1,3H2,2,4-6H3,(H,37,39)(H,38,40)(H,41,42). The Morgan fingerprint density at radius 1 is 0.600 bits per heavy atom. The minimum absolute atomic E-state index is 0.0309. The minimum Gasteiger partial charge on any atom is -0.395 e. The van der Waals surface area contributed by atoms with Gasteiger partial charge in [-0.15, -0.1) is 0 Å². The Bertz CT molecular complexity index is 1600. The van der Waals surface area contributed by atoms with E-state index < -0.39 is 7.82 Å². The number of benzene rings is 4. The molecule has 2 atom stereocenters. The lowest BCUT2D eigenvalue weighted by Crippen LogP contribution is -2.11. The van der Waals surface area contributed by atoms with Crippen LogP contribution in [0.2, 0.25) is 0 Å². The average molecular weight is 625 g/mol. The van der Waals surface area contributed by atoms with Gasteiger partial charge in [-0.2, -0.15) is 0 Å². The molecule has 2 unspecified atom stereocenters. The number of nitrogens with one attached hydrogen (secondary N) is 2.